The Kier molecular flexibility index (Phi) is 9.93. The lowest BCUT2D eigenvalue weighted by atomic mass is 9.89. The summed E-state index contributed by atoms with van der Waals surface area (Å²) in [6.45, 7) is 29.4. The summed E-state index contributed by atoms with van der Waals surface area (Å²) in [5.74, 6) is 7.71. The Morgan fingerprint density at radius 3 is 1.23 bits per heavy atom. The quantitative estimate of drug-likeness (QED) is 0.110. The molecular formula is C40H54OSi2. The van der Waals surface area contributed by atoms with Gasteiger partial charge in [0.2, 0.25) is 0 Å². The molecule has 4 aromatic rings. The van der Waals surface area contributed by atoms with Gasteiger partial charge in [-0.05, 0) is 89.3 Å². The number of hydrogen-bond acceptors (Lipinski definition) is 1. The van der Waals surface area contributed by atoms with Crippen molar-refractivity contribution in [1.82, 2.24) is 0 Å². The van der Waals surface area contributed by atoms with Crippen LogP contribution in [0.25, 0.3) is 32.3 Å². The summed E-state index contributed by atoms with van der Waals surface area (Å²) in [7, 11) is -2.05. The first-order valence-corrected chi connectivity index (χ1v) is 21.0. The van der Waals surface area contributed by atoms with Crippen molar-refractivity contribution in [1.29, 1.82) is 0 Å². The fourth-order valence-corrected chi connectivity index (χ4v) is 19.1. The van der Waals surface area contributed by atoms with Crippen LogP contribution >= 0.6 is 0 Å². The lowest BCUT2D eigenvalue weighted by Gasteiger charge is -2.38. The van der Waals surface area contributed by atoms with E-state index in [1.165, 1.54) is 37.9 Å². The Labute approximate surface area is 264 Å². The first kappa shape index (κ1) is 33.3. The maximum absolute atomic E-state index is 5.51. The third-order valence-corrected chi connectivity index (χ3v) is 23.2. The number of methoxy groups -OCH3 is 1. The smallest absolute Gasteiger partial charge is 0.146 e. The van der Waals surface area contributed by atoms with Crippen molar-refractivity contribution in [2.24, 2.45) is 0 Å². The molecule has 0 aliphatic heterocycles. The third-order valence-electron chi connectivity index (χ3n) is 10.6. The highest BCUT2D eigenvalue weighted by Crippen LogP contribution is 2.43. The van der Waals surface area contributed by atoms with Gasteiger partial charge in [0, 0.05) is 18.2 Å². The maximum atomic E-state index is 5.51. The van der Waals surface area contributed by atoms with Crippen molar-refractivity contribution < 1.29 is 4.74 Å². The molecule has 0 saturated carbocycles. The molecule has 3 heteroatoms. The van der Waals surface area contributed by atoms with Crippen LogP contribution in [0.15, 0.2) is 42.5 Å². The first-order chi connectivity index (χ1) is 20.2. The molecule has 0 saturated heterocycles. The van der Waals surface area contributed by atoms with E-state index in [1.54, 1.807) is 7.11 Å². The fraction of sp³-hybridized carbons (Fsp3) is 0.500. The van der Waals surface area contributed by atoms with Crippen LogP contribution in [-0.4, -0.2) is 23.3 Å². The normalized spacial score (nSPS) is 12.9. The van der Waals surface area contributed by atoms with Crippen molar-refractivity contribution in [3.63, 3.8) is 0 Å². The van der Waals surface area contributed by atoms with Crippen LogP contribution < -0.4 is 0 Å². The molecule has 0 N–H and O–H groups in total. The number of benzene rings is 4. The summed E-state index contributed by atoms with van der Waals surface area (Å²) >= 11 is 0. The van der Waals surface area contributed by atoms with Gasteiger partial charge < -0.3 is 4.74 Å². The maximum Gasteiger partial charge on any atom is 0.146 e. The number of hydrogen-bond donors (Lipinski definition) is 0. The van der Waals surface area contributed by atoms with Crippen molar-refractivity contribution in [3.8, 4) is 22.9 Å². The van der Waals surface area contributed by atoms with Crippen LogP contribution in [0.1, 0.15) is 99.8 Å². The second kappa shape index (κ2) is 12.8. The molecule has 0 atom stereocenters. The molecule has 43 heavy (non-hydrogen) atoms. The first-order valence-electron chi connectivity index (χ1n) is 16.5. The minimum Gasteiger partial charge on any atom is -0.380 e. The van der Waals surface area contributed by atoms with Crippen LogP contribution in [0.4, 0.5) is 0 Å². The lowest BCUT2D eigenvalue weighted by Crippen LogP contribution is -2.43. The Morgan fingerprint density at radius 2 is 0.907 bits per heavy atom. The van der Waals surface area contributed by atoms with E-state index in [2.05, 4.69) is 148 Å². The van der Waals surface area contributed by atoms with Crippen LogP contribution in [0.5, 0.6) is 0 Å². The van der Waals surface area contributed by atoms with Crippen LogP contribution in [-0.2, 0) is 11.3 Å². The van der Waals surface area contributed by atoms with Gasteiger partial charge in [0.25, 0.3) is 0 Å². The molecule has 4 rings (SSSR count). The average molecular weight is 607 g/mol. The molecule has 0 bridgehead atoms. The number of rotatable bonds is 8. The van der Waals surface area contributed by atoms with Gasteiger partial charge in [-0.15, -0.1) is 11.1 Å². The molecule has 228 valence electrons. The van der Waals surface area contributed by atoms with Crippen molar-refractivity contribution in [3.05, 3.63) is 59.2 Å². The van der Waals surface area contributed by atoms with Gasteiger partial charge in [0.1, 0.15) is 16.1 Å². The standard InChI is InChI=1S/C40H54OSi2/c1-26(2)42(27(3)4,28(5)6)20-18-33-24-34(19-21-43(29(7)8,30(9)10)31(11)12)38-17-15-36-23-32(25-41-13)22-35-14-16-37(33)40(38)39(35)36/h14-17,22-24,26-31H,25H2,1-13H3. The molecule has 0 fully saturated rings. The molecule has 0 radical (unpaired) electrons. The van der Waals surface area contributed by atoms with Crippen LogP contribution in [0, 0.1) is 22.9 Å². The largest absolute Gasteiger partial charge is 0.380 e. The predicted molar refractivity (Wildman–Crippen MR) is 197 cm³/mol. The zero-order valence-corrected chi connectivity index (χ0v) is 31.1. The molecular weight excluding hydrogens is 553 g/mol. The Bertz CT molecular complexity index is 1550. The topological polar surface area (TPSA) is 9.23 Å². The highest BCUT2D eigenvalue weighted by Gasteiger charge is 2.42. The summed E-state index contributed by atoms with van der Waals surface area (Å²) in [4.78, 5) is 0. The van der Waals surface area contributed by atoms with Gasteiger partial charge in [-0.3, -0.25) is 0 Å². The predicted octanol–water partition coefficient (Wildman–Crippen LogP) is 11.9. The van der Waals surface area contributed by atoms with E-state index in [4.69, 9.17) is 4.74 Å². The van der Waals surface area contributed by atoms with Crippen LogP contribution in [0.2, 0.25) is 33.2 Å². The molecule has 0 unspecified atom stereocenters. The summed E-state index contributed by atoms with van der Waals surface area (Å²) in [5.41, 5.74) is 15.1. The van der Waals surface area contributed by atoms with Gasteiger partial charge in [0.05, 0.1) is 6.61 Å². The summed E-state index contributed by atoms with van der Waals surface area (Å²) in [6, 6.07) is 16.1. The highest BCUT2D eigenvalue weighted by molar-refractivity contribution is 6.91. The fourth-order valence-electron chi connectivity index (χ4n) is 8.65. The average Bonchev–Trinajstić information content (AvgIpc) is 2.91. The van der Waals surface area contributed by atoms with E-state index in [9.17, 15) is 0 Å². The molecule has 0 aromatic heterocycles. The summed E-state index contributed by atoms with van der Waals surface area (Å²) < 4.78 is 5.51. The second-order valence-corrected chi connectivity index (χ2v) is 25.9. The van der Waals surface area contributed by atoms with Crippen molar-refractivity contribution in [2.45, 2.75) is 123 Å². The second-order valence-electron chi connectivity index (χ2n) is 14.7. The van der Waals surface area contributed by atoms with E-state index >= 15 is 0 Å². The summed E-state index contributed by atoms with van der Waals surface area (Å²) in [6.07, 6.45) is 0. The van der Waals surface area contributed by atoms with E-state index < -0.39 is 16.1 Å². The third kappa shape index (κ3) is 5.70. The van der Waals surface area contributed by atoms with Crippen molar-refractivity contribution in [2.75, 3.05) is 7.11 Å². The zero-order chi connectivity index (χ0) is 31.9. The van der Waals surface area contributed by atoms with Gasteiger partial charge in [-0.2, -0.15) is 0 Å². The lowest BCUT2D eigenvalue weighted by molar-refractivity contribution is 0.185. The van der Waals surface area contributed by atoms with E-state index in [-0.39, 0.29) is 0 Å². The molecule has 0 aliphatic rings. The molecule has 0 spiro atoms. The highest BCUT2D eigenvalue weighted by atomic mass is 28.3. The zero-order valence-electron chi connectivity index (χ0n) is 29.1. The Balaban J connectivity index is 2.14. The summed E-state index contributed by atoms with van der Waals surface area (Å²) in [5, 5.41) is 7.66. The Morgan fingerprint density at radius 1 is 0.535 bits per heavy atom. The molecule has 0 heterocycles. The number of ether oxygens (including phenoxy) is 1. The van der Waals surface area contributed by atoms with Crippen LogP contribution in [0.3, 0.4) is 0 Å². The van der Waals surface area contributed by atoms with Gasteiger partial charge in [-0.1, -0.05) is 119 Å². The monoisotopic (exact) mass is 606 g/mol. The van der Waals surface area contributed by atoms with E-state index in [0.29, 0.717) is 39.9 Å². The van der Waals surface area contributed by atoms with Crippen molar-refractivity contribution >= 4 is 48.5 Å². The van der Waals surface area contributed by atoms with Gasteiger partial charge >= 0.3 is 0 Å². The molecule has 1 nitrogen and oxygen atoms in total. The van der Waals surface area contributed by atoms with Gasteiger partial charge in [-0.25, -0.2) is 0 Å². The van der Waals surface area contributed by atoms with Gasteiger partial charge in [0.15, 0.2) is 0 Å². The SMILES string of the molecule is COCc1cc2ccc3c(C#C[Si](C(C)C)(C(C)C)C(C)C)cc(C#C[Si](C(C)C)(C(C)C)C(C)C)c4ccc(c1)c2c34. The van der Waals surface area contributed by atoms with E-state index in [0.717, 1.165) is 11.1 Å². The molecule has 0 amide bonds. The minimum absolute atomic E-state index is 0.591. The minimum atomic E-state index is -1.91. The van der Waals surface area contributed by atoms with E-state index in [1.807, 2.05) is 0 Å². The Hall–Kier alpha value is -2.57. The molecule has 4 aromatic carbocycles. The molecule has 0 aliphatic carbocycles.